The standard InChI is InChI=1S/C14H18N4O4S/c1-10-16-12(18(21)22)7-17(10)5-3-13(19)15-9-14(2,20)11-4-6-23-8-11/h4,6-8,20H,3,5,9H2,1-2H3,(H,15,19). The minimum absolute atomic E-state index is 0.103. The minimum Gasteiger partial charge on any atom is -0.384 e. The topological polar surface area (TPSA) is 110 Å². The fourth-order valence-electron chi connectivity index (χ4n) is 2.06. The molecule has 1 unspecified atom stereocenters. The van der Waals surface area contributed by atoms with E-state index in [0.717, 1.165) is 5.56 Å². The van der Waals surface area contributed by atoms with E-state index in [2.05, 4.69) is 10.3 Å². The lowest BCUT2D eigenvalue weighted by Gasteiger charge is -2.22. The summed E-state index contributed by atoms with van der Waals surface area (Å²) in [6.07, 6.45) is 1.46. The highest BCUT2D eigenvalue weighted by molar-refractivity contribution is 7.08. The molecule has 0 saturated carbocycles. The monoisotopic (exact) mass is 338 g/mol. The second-order valence-corrected chi connectivity index (χ2v) is 6.19. The molecule has 0 saturated heterocycles. The molecular formula is C14H18N4O4S. The maximum absolute atomic E-state index is 11.9. The number of rotatable bonds is 7. The number of aryl methyl sites for hydroxylation is 2. The average molecular weight is 338 g/mol. The highest BCUT2D eigenvalue weighted by Crippen LogP contribution is 2.22. The van der Waals surface area contributed by atoms with Crippen molar-refractivity contribution in [2.45, 2.75) is 32.4 Å². The minimum atomic E-state index is -1.13. The molecule has 0 aliphatic carbocycles. The third-order valence-corrected chi connectivity index (χ3v) is 4.19. The van der Waals surface area contributed by atoms with Gasteiger partial charge in [-0.2, -0.15) is 11.3 Å². The largest absolute Gasteiger partial charge is 0.384 e. The molecule has 2 aromatic rings. The Labute approximate surface area is 136 Å². The molecule has 23 heavy (non-hydrogen) atoms. The first-order chi connectivity index (χ1) is 10.8. The van der Waals surface area contributed by atoms with Gasteiger partial charge in [-0.05, 0) is 39.2 Å². The second-order valence-electron chi connectivity index (χ2n) is 5.41. The molecule has 0 aliphatic heterocycles. The number of amides is 1. The van der Waals surface area contributed by atoms with Gasteiger partial charge in [0.2, 0.25) is 11.7 Å². The number of carbonyl (C=O) groups excluding carboxylic acids is 1. The summed E-state index contributed by atoms with van der Waals surface area (Å²) < 4.78 is 1.56. The van der Waals surface area contributed by atoms with Gasteiger partial charge in [0, 0.05) is 19.9 Å². The van der Waals surface area contributed by atoms with Crippen molar-refractivity contribution in [3.63, 3.8) is 0 Å². The van der Waals surface area contributed by atoms with Gasteiger partial charge >= 0.3 is 5.82 Å². The molecule has 0 spiro atoms. The zero-order valence-electron chi connectivity index (χ0n) is 12.9. The van der Waals surface area contributed by atoms with E-state index in [4.69, 9.17) is 0 Å². The Hall–Kier alpha value is -2.26. The van der Waals surface area contributed by atoms with Crippen molar-refractivity contribution in [2.24, 2.45) is 0 Å². The van der Waals surface area contributed by atoms with Crippen LogP contribution in [0.3, 0.4) is 0 Å². The quantitative estimate of drug-likeness (QED) is 0.588. The fourth-order valence-corrected chi connectivity index (χ4v) is 2.84. The van der Waals surface area contributed by atoms with Crippen LogP contribution in [-0.2, 0) is 16.9 Å². The number of nitro groups is 1. The van der Waals surface area contributed by atoms with E-state index < -0.39 is 10.5 Å². The number of thiophene rings is 1. The number of imidazole rings is 1. The van der Waals surface area contributed by atoms with Gasteiger partial charge in [-0.3, -0.25) is 4.79 Å². The zero-order valence-corrected chi connectivity index (χ0v) is 13.7. The van der Waals surface area contributed by atoms with Crippen LogP contribution in [0.4, 0.5) is 5.82 Å². The van der Waals surface area contributed by atoms with Crippen molar-refractivity contribution < 1.29 is 14.8 Å². The summed E-state index contributed by atoms with van der Waals surface area (Å²) in [5.74, 6) is 0.00864. The predicted molar refractivity (Wildman–Crippen MR) is 85.1 cm³/mol. The van der Waals surface area contributed by atoms with E-state index in [1.54, 1.807) is 18.4 Å². The number of nitrogens with zero attached hydrogens (tertiary/aromatic N) is 3. The van der Waals surface area contributed by atoms with Gasteiger partial charge in [0.15, 0.2) is 0 Å². The predicted octanol–water partition coefficient (Wildman–Crippen LogP) is 1.58. The molecule has 1 amide bonds. The maximum Gasteiger partial charge on any atom is 0.381 e. The van der Waals surface area contributed by atoms with Crippen molar-refractivity contribution in [3.05, 3.63) is 44.5 Å². The molecule has 0 radical (unpaired) electrons. The summed E-state index contributed by atoms with van der Waals surface area (Å²) in [5, 5.41) is 27.3. The molecule has 0 aromatic carbocycles. The van der Waals surface area contributed by atoms with Gasteiger partial charge in [0.25, 0.3) is 0 Å². The molecule has 9 heteroatoms. The number of aromatic nitrogens is 2. The highest BCUT2D eigenvalue weighted by Gasteiger charge is 2.24. The molecule has 2 heterocycles. The van der Waals surface area contributed by atoms with Crippen molar-refractivity contribution in [2.75, 3.05) is 6.54 Å². The van der Waals surface area contributed by atoms with E-state index in [1.807, 2.05) is 16.8 Å². The Balaban J connectivity index is 1.85. The van der Waals surface area contributed by atoms with Gasteiger partial charge < -0.3 is 25.1 Å². The van der Waals surface area contributed by atoms with Crippen LogP contribution >= 0.6 is 11.3 Å². The van der Waals surface area contributed by atoms with Crippen molar-refractivity contribution in [1.29, 1.82) is 0 Å². The number of nitrogens with one attached hydrogen (secondary N) is 1. The molecule has 2 N–H and O–H groups in total. The van der Waals surface area contributed by atoms with E-state index >= 15 is 0 Å². The average Bonchev–Trinajstić information content (AvgIpc) is 3.13. The molecule has 0 fully saturated rings. The van der Waals surface area contributed by atoms with Crippen molar-refractivity contribution in [1.82, 2.24) is 14.9 Å². The van der Waals surface area contributed by atoms with Crippen LogP contribution in [0.2, 0.25) is 0 Å². The summed E-state index contributed by atoms with van der Waals surface area (Å²) in [6, 6.07) is 1.81. The van der Waals surface area contributed by atoms with Crippen LogP contribution in [0.15, 0.2) is 23.0 Å². The third kappa shape index (κ3) is 4.36. The first-order valence-electron chi connectivity index (χ1n) is 6.99. The molecule has 0 aliphatic rings. The molecule has 1 atom stereocenters. The van der Waals surface area contributed by atoms with Gasteiger partial charge in [0.1, 0.15) is 11.8 Å². The van der Waals surface area contributed by atoms with E-state index in [1.165, 1.54) is 17.5 Å². The molecular weight excluding hydrogens is 320 g/mol. The van der Waals surface area contributed by atoms with Gasteiger partial charge in [-0.1, -0.05) is 0 Å². The first kappa shape index (κ1) is 17.1. The van der Waals surface area contributed by atoms with Crippen LogP contribution in [0.1, 0.15) is 24.7 Å². The zero-order chi connectivity index (χ0) is 17.0. The van der Waals surface area contributed by atoms with Crippen LogP contribution in [-0.4, -0.2) is 32.0 Å². The Morgan fingerprint density at radius 3 is 2.91 bits per heavy atom. The summed E-state index contributed by atoms with van der Waals surface area (Å²) in [6.45, 7) is 3.68. The summed E-state index contributed by atoms with van der Waals surface area (Å²) >= 11 is 1.48. The SMILES string of the molecule is Cc1nc([N+](=O)[O-])cn1CCC(=O)NCC(C)(O)c1ccsc1. The summed E-state index contributed by atoms with van der Waals surface area (Å²) in [4.78, 5) is 25.8. The second kappa shape index (κ2) is 6.88. The third-order valence-electron chi connectivity index (χ3n) is 3.50. The van der Waals surface area contributed by atoms with Crippen LogP contribution < -0.4 is 5.32 Å². The maximum atomic E-state index is 11.9. The molecule has 2 aromatic heterocycles. The summed E-state index contributed by atoms with van der Waals surface area (Å²) in [7, 11) is 0. The fraction of sp³-hybridized carbons (Fsp3) is 0.429. The van der Waals surface area contributed by atoms with Crippen molar-refractivity contribution >= 4 is 23.1 Å². The normalized spacial score (nSPS) is 13.5. The molecule has 124 valence electrons. The van der Waals surface area contributed by atoms with Gasteiger partial charge in [0.05, 0.1) is 6.54 Å². The van der Waals surface area contributed by atoms with Crippen LogP contribution in [0.25, 0.3) is 0 Å². The van der Waals surface area contributed by atoms with Crippen molar-refractivity contribution in [3.8, 4) is 0 Å². The smallest absolute Gasteiger partial charge is 0.381 e. The van der Waals surface area contributed by atoms with Gasteiger partial charge in [-0.25, -0.2) is 0 Å². The lowest BCUT2D eigenvalue weighted by Crippen LogP contribution is -2.38. The van der Waals surface area contributed by atoms with Crippen LogP contribution in [0.5, 0.6) is 0 Å². The first-order valence-corrected chi connectivity index (χ1v) is 7.94. The Morgan fingerprint density at radius 1 is 1.61 bits per heavy atom. The number of aliphatic hydroxyl groups is 1. The Kier molecular flexibility index (Phi) is 5.12. The Bertz CT molecular complexity index is 694. The lowest BCUT2D eigenvalue weighted by atomic mass is 9.99. The van der Waals surface area contributed by atoms with Crippen LogP contribution in [0, 0.1) is 17.0 Å². The number of carbonyl (C=O) groups is 1. The van der Waals surface area contributed by atoms with Gasteiger partial charge in [-0.15, -0.1) is 0 Å². The van der Waals surface area contributed by atoms with E-state index in [9.17, 15) is 20.0 Å². The number of hydrogen-bond acceptors (Lipinski definition) is 6. The van der Waals surface area contributed by atoms with E-state index in [0.29, 0.717) is 12.4 Å². The van der Waals surface area contributed by atoms with E-state index in [-0.39, 0.29) is 24.7 Å². The Morgan fingerprint density at radius 2 is 2.35 bits per heavy atom. The number of hydrogen-bond donors (Lipinski definition) is 2. The highest BCUT2D eigenvalue weighted by atomic mass is 32.1. The molecule has 0 bridgehead atoms. The molecule has 8 nitrogen and oxygen atoms in total. The lowest BCUT2D eigenvalue weighted by molar-refractivity contribution is -0.389. The molecule has 2 rings (SSSR count). The summed E-state index contributed by atoms with van der Waals surface area (Å²) in [5.41, 5.74) is -0.372.